The Morgan fingerprint density at radius 1 is 1.28 bits per heavy atom. The Kier molecular flexibility index (Phi) is 3.87. The van der Waals surface area contributed by atoms with Gasteiger partial charge in [-0.3, -0.25) is 0 Å². The molecule has 2 nitrogen and oxygen atoms in total. The van der Waals surface area contributed by atoms with Crippen LogP contribution in [0.2, 0.25) is 0 Å². The minimum absolute atomic E-state index is 0.222. The summed E-state index contributed by atoms with van der Waals surface area (Å²) in [6.45, 7) is 2.16. The van der Waals surface area contributed by atoms with E-state index in [-0.39, 0.29) is 11.6 Å². The van der Waals surface area contributed by atoms with Crippen LogP contribution in [0.3, 0.4) is 0 Å². The van der Waals surface area contributed by atoms with Crippen LogP contribution in [-0.4, -0.2) is 5.11 Å². The number of halogens is 2. The molecule has 0 aromatic heterocycles. The molecule has 0 bridgehead atoms. The second kappa shape index (κ2) is 5.40. The number of hydrogen-bond acceptors (Lipinski definition) is 2. The zero-order valence-electron chi connectivity index (χ0n) is 9.87. The van der Waals surface area contributed by atoms with Crippen LogP contribution in [0.25, 0.3) is 0 Å². The minimum Gasteiger partial charge on any atom is -0.508 e. The quantitative estimate of drug-likeness (QED) is 0.890. The molecular weight excluding hydrogens is 297 g/mol. The maximum atomic E-state index is 13.4. The molecule has 4 heteroatoms. The Bertz CT molecular complexity index is 570. The molecule has 2 rings (SSSR count). The van der Waals surface area contributed by atoms with Crippen molar-refractivity contribution in [2.45, 2.75) is 13.5 Å². The number of anilines is 1. The predicted octanol–water partition coefficient (Wildman–Crippen LogP) is 4.21. The Hall–Kier alpha value is -1.55. The number of phenolic OH excluding ortho intramolecular Hbond substituents is 1. The largest absolute Gasteiger partial charge is 0.508 e. The first kappa shape index (κ1) is 12.9. The first-order valence-electron chi connectivity index (χ1n) is 5.54. The molecule has 0 aliphatic heterocycles. The molecule has 0 heterocycles. The minimum atomic E-state index is -0.238. The van der Waals surface area contributed by atoms with Crippen molar-refractivity contribution in [2.24, 2.45) is 0 Å². The molecule has 2 aromatic carbocycles. The molecule has 2 aromatic rings. The first-order chi connectivity index (χ1) is 8.58. The van der Waals surface area contributed by atoms with Crippen LogP contribution in [0.15, 0.2) is 40.9 Å². The van der Waals surface area contributed by atoms with Crippen LogP contribution < -0.4 is 5.32 Å². The number of phenols is 1. The van der Waals surface area contributed by atoms with Gasteiger partial charge in [0.1, 0.15) is 11.6 Å². The monoisotopic (exact) mass is 309 g/mol. The molecule has 0 aliphatic rings. The molecule has 18 heavy (non-hydrogen) atoms. The van der Waals surface area contributed by atoms with Gasteiger partial charge in [0, 0.05) is 27.8 Å². The van der Waals surface area contributed by atoms with Crippen LogP contribution >= 0.6 is 15.9 Å². The average molecular weight is 310 g/mol. The Balaban J connectivity index is 2.16. The van der Waals surface area contributed by atoms with E-state index in [9.17, 15) is 9.50 Å². The van der Waals surface area contributed by atoms with Gasteiger partial charge in [0.05, 0.1) is 0 Å². The second-order valence-electron chi connectivity index (χ2n) is 4.04. The van der Waals surface area contributed by atoms with Crippen molar-refractivity contribution >= 4 is 21.6 Å². The van der Waals surface area contributed by atoms with Crippen molar-refractivity contribution in [1.82, 2.24) is 0 Å². The summed E-state index contributed by atoms with van der Waals surface area (Å²) >= 11 is 3.35. The van der Waals surface area contributed by atoms with E-state index in [1.807, 2.05) is 12.1 Å². The van der Waals surface area contributed by atoms with Gasteiger partial charge in [-0.15, -0.1) is 0 Å². The molecule has 0 atom stereocenters. The lowest BCUT2D eigenvalue weighted by molar-refractivity contribution is 0.469. The summed E-state index contributed by atoms with van der Waals surface area (Å²) in [4.78, 5) is 0. The van der Waals surface area contributed by atoms with Gasteiger partial charge in [0.15, 0.2) is 0 Å². The summed E-state index contributed by atoms with van der Waals surface area (Å²) < 4.78 is 14.2. The van der Waals surface area contributed by atoms with Crippen LogP contribution in [0.1, 0.15) is 11.1 Å². The van der Waals surface area contributed by atoms with Gasteiger partial charge < -0.3 is 10.4 Å². The van der Waals surface area contributed by atoms with Crippen molar-refractivity contribution in [3.63, 3.8) is 0 Å². The number of rotatable bonds is 3. The predicted molar refractivity (Wildman–Crippen MR) is 74.3 cm³/mol. The molecular formula is C14H13BrFNO. The molecule has 2 N–H and O–H groups in total. The van der Waals surface area contributed by atoms with Gasteiger partial charge in [-0.25, -0.2) is 4.39 Å². The van der Waals surface area contributed by atoms with Gasteiger partial charge in [0.2, 0.25) is 0 Å². The van der Waals surface area contributed by atoms with E-state index in [0.717, 1.165) is 15.7 Å². The van der Waals surface area contributed by atoms with Gasteiger partial charge in [-0.2, -0.15) is 0 Å². The van der Waals surface area contributed by atoms with Gasteiger partial charge in [0.25, 0.3) is 0 Å². The third-order valence-electron chi connectivity index (χ3n) is 2.78. The maximum Gasteiger partial charge on any atom is 0.128 e. The van der Waals surface area contributed by atoms with Crippen molar-refractivity contribution in [2.75, 3.05) is 5.32 Å². The number of hydrogen-bond donors (Lipinski definition) is 2. The molecule has 94 valence electrons. The zero-order chi connectivity index (χ0) is 13.1. The molecule has 0 amide bonds. The highest BCUT2D eigenvalue weighted by atomic mass is 79.9. The molecule has 0 fully saturated rings. The van der Waals surface area contributed by atoms with E-state index < -0.39 is 0 Å². The standard InChI is InChI=1S/C14H13BrFNO/c1-9-12(16)3-2-4-13(9)17-8-10-7-11(15)5-6-14(10)18/h2-7,17-18H,8H2,1H3. The summed E-state index contributed by atoms with van der Waals surface area (Å²) in [6.07, 6.45) is 0. The zero-order valence-corrected chi connectivity index (χ0v) is 11.5. The summed E-state index contributed by atoms with van der Waals surface area (Å²) in [6, 6.07) is 10.1. The lowest BCUT2D eigenvalue weighted by atomic mass is 10.1. The van der Waals surface area contributed by atoms with Gasteiger partial charge in [-0.05, 0) is 37.3 Å². The van der Waals surface area contributed by atoms with E-state index in [1.165, 1.54) is 6.07 Å². The van der Waals surface area contributed by atoms with E-state index in [2.05, 4.69) is 21.2 Å². The van der Waals surface area contributed by atoms with E-state index in [1.54, 1.807) is 25.1 Å². The molecule has 0 spiro atoms. The summed E-state index contributed by atoms with van der Waals surface area (Å²) in [5.41, 5.74) is 2.06. The highest BCUT2D eigenvalue weighted by molar-refractivity contribution is 9.10. The summed E-state index contributed by atoms with van der Waals surface area (Å²) in [5, 5.41) is 12.8. The molecule has 0 saturated heterocycles. The fraction of sp³-hybridized carbons (Fsp3) is 0.143. The smallest absolute Gasteiger partial charge is 0.128 e. The SMILES string of the molecule is Cc1c(F)cccc1NCc1cc(Br)ccc1O. The molecule has 0 saturated carbocycles. The van der Waals surface area contributed by atoms with Crippen LogP contribution in [0, 0.1) is 12.7 Å². The van der Waals surface area contributed by atoms with Crippen molar-refractivity contribution < 1.29 is 9.50 Å². The lowest BCUT2D eigenvalue weighted by Crippen LogP contribution is -2.02. The van der Waals surface area contributed by atoms with E-state index >= 15 is 0 Å². The molecule has 0 aliphatic carbocycles. The third-order valence-corrected chi connectivity index (χ3v) is 3.27. The van der Waals surface area contributed by atoms with Crippen LogP contribution in [-0.2, 0) is 6.54 Å². The van der Waals surface area contributed by atoms with Crippen molar-refractivity contribution in [3.05, 3.63) is 57.8 Å². The summed E-state index contributed by atoms with van der Waals surface area (Å²) in [7, 11) is 0. The molecule has 0 radical (unpaired) electrons. The van der Waals surface area contributed by atoms with E-state index in [0.29, 0.717) is 12.1 Å². The molecule has 0 unspecified atom stereocenters. The highest BCUT2D eigenvalue weighted by Gasteiger charge is 2.05. The number of aromatic hydroxyl groups is 1. The van der Waals surface area contributed by atoms with Gasteiger partial charge >= 0.3 is 0 Å². The fourth-order valence-electron chi connectivity index (χ4n) is 1.69. The third kappa shape index (κ3) is 2.82. The first-order valence-corrected chi connectivity index (χ1v) is 6.33. The van der Waals surface area contributed by atoms with Gasteiger partial charge in [-0.1, -0.05) is 22.0 Å². The number of nitrogens with one attached hydrogen (secondary N) is 1. The summed E-state index contributed by atoms with van der Waals surface area (Å²) in [5.74, 6) is -0.0155. The Morgan fingerprint density at radius 3 is 2.83 bits per heavy atom. The van der Waals surface area contributed by atoms with Crippen molar-refractivity contribution in [1.29, 1.82) is 0 Å². The topological polar surface area (TPSA) is 32.3 Å². The van der Waals surface area contributed by atoms with E-state index in [4.69, 9.17) is 0 Å². The Labute approximate surface area is 114 Å². The highest BCUT2D eigenvalue weighted by Crippen LogP contribution is 2.24. The van der Waals surface area contributed by atoms with Crippen LogP contribution in [0.4, 0.5) is 10.1 Å². The average Bonchev–Trinajstić information content (AvgIpc) is 2.35. The fourth-order valence-corrected chi connectivity index (χ4v) is 2.09. The van der Waals surface area contributed by atoms with Crippen LogP contribution in [0.5, 0.6) is 5.75 Å². The second-order valence-corrected chi connectivity index (χ2v) is 4.95. The number of benzene rings is 2. The lowest BCUT2D eigenvalue weighted by Gasteiger charge is -2.11. The Morgan fingerprint density at radius 2 is 2.06 bits per heavy atom. The maximum absolute atomic E-state index is 13.4. The van der Waals surface area contributed by atoms with Crippen molar-refractivity contribution in [3.8, 4) is 5.75 Å². The normalized spacial score (nSPS) is 10.4.